The van der Waals surface area contributed by atoms with Gasteiger partial charge in [-0.05, 0) is 55.5 Å². The summed E-state index contributed by atoms with van der Waals surface area (Å²) in [4.78, 5) is 35.7. The SMILES string of the molecule is CCOCCOC(=O)C1C(C)=NC2=C(C(=O)C[C@H](c3ccc(OC)cc3)C2)[C@@H]1c1cccnc1. The average Bonchev–Trinajstić information content (AvgIpc) is 2.86. The Bertz CT molecular complexity index is 1090. The lowest BCUT2D eigenvalue weighted by molar-refractivity contribution is -0.148. The normalized spacial score (nSPS) is 22.1. The molecule has 1 unspecified atom stereocenters. The first-order valence-electron chi connectivity index (χ1n) is 11.6. The van der Waals surface area contributed by atoms with Crippen molar-refractivity contribution in [2.24, 2.45) is 10.9 Å². The maximum atomic E-state index is 13.5. The number of carbonyl (C=O) groups excluding carboxylic acids is 2. The van der Waals surface area contributed by atoms with Crippen LogP contribution in [-0.4, -0.2) is 49.4 Å². The van der Waals surface area contributed by atoms with Crippen LogP contribution >= 0.6 is 0 Å². The first-order chi connectivity index (χ1) is 16.5. The van der Waals surface area contributed by atoms with Gasteiger partial charge in [0.1, 0.15) is 18.3 Å². The molecule has 0 radical (unpaired) electrons. The number of allylic oxidation sites excluding steroid dienone is 2. The molecule has 2 heterocycles. The van der Waals surface area contributed by atoms with Gasteiger partial charge in [-0.25, -0.2) is 0 Å². The van der Waals surface area contributed by atoms with E-state index in [4.69, 9.17) is 19.2 Å². The van der Waals surface area contributed by atoms with Gasteiger partial charge >= 0.3 is 5.97 Å². The molecule has 1 aromatic heterocycles. The Morgan fingerprint density at radius 2 is 1.88 bits per heavy atom. The van der Waals surface area contributed by atoms with Crippen LogP contribution in [0.15, 0.2) is 65.1 Å². The van der Waals surface area contributed by atoms with E-state index in [1.54, 1.807) is 19.5 Å². The van der Waals surface area contributed by atoms with Gasteiger partial charge < -0.3 is 14.2 Å². The molecule has 1 aliphatic heterocycles. The van der Waals surface area contributed by atoms with Crippen molar-refractivity contribution in [1.82, 2.24) is 4.98 Å². The van der Waals surface area contributed by atoms with Crippen molar-refractivity contribution < 1.29 is 23.8 Å². The number of rotatable bonds is 8. The number of ether oxygens (including phenoxy) is 3. The minimum Gasteiger partial charge on any atom is -0.497 e. The number of pyridine rings is 1. The quantitative estimate of drug-likeness (QED) is 0.431. The minimum absolute atomic E-state index is 0.0132. The van der Waals surface area contributed by atoms with Gasteiger partial charge in [-0.3, -0.25) is 19.6 Å². The largest absolute Gasteiger partial charge is 0.497 e. The lowest BCUT2D eigenvalue weighted by Gasteiger charge is -2.36. The number of hydrogen-bond donors (Lipinski definition) is 0. The van der Waals surface area contributed by atoms with Crippen LogP contribution in [0.1, 0.15) is 49.7 Å². The third-order valence-electron chi connectivity index (χ3n) is 6.45. The molecule has 0 spiro atoms. The molecule has 0 amide bonds. The van der Waals surface area contributed by atoms with E-state index in [0.29, 0.717) is 37.3 Å². The number of aliphatic imine (C=N–C) groups is 1. The summed E-state index contributed by atoms with van der Waals surface area (Å²) in [6.45, 7) is 4.78. The van der Waals surface area contributed by atoms with Crippen molar-refractivity contribution in [3.63, 3.8) is 0 Å². The second-order valence-corrected chi connectivity index (χ2v) is 8.52. The summed E-state index contributed by atoms with van der Waals surface area (Å²) in [5.74, 6) is -0.723. The van der Waals surface area contributed by atoms with Gasteiger partial charge in [-0.15, -0.1) is 0 Å². The van der Waals surface area contributed by atoms with Crippen molar-refractivity contribution in [3.05, 3.63) is 71.2 Å². The number of methoxy groups -OCH3 is 1. The van der Waals surface area contributed by atoms with E-state index in [1.807, 2.05) is 50.2 Å². The number of carbonyl (C=O) groups is 2. The lowest BCUT2D eigenvalue weighted by Crippen LogP contribution is -2.38. The Balaban J connectivity index is 1.67. The number of nitrogens with zero attached hydrogens (tertiary/aromatic N) is 2. The molecule has 1 aromatic carbocycles. The molecular weight excluding hydrogens is 432 g/mol. The third kappa shape index (κ3) is 4.94. The highest BCUT2D eigenvalue weighted by atomic mass is 16.6. The molecule has 1 aliphatic carbocycles. The lowest BCUT2D eigenvalue weighted by atomic mass is 9.69. The van der Waals surface area contributed by atoms with E-state index in [1.165, 1.54) is 0 Å². The molecule has 2 aliphatic rings. The van der Waals surface area contributed by atoms with Crippen LogP contribution in [0, 0.1) is 5.92 Å². The van der Waals surface area contributed by atoms with Crippen LogP contribution < -0.4 is 4.74 Å². The van der Waals surface area contributed by atoms with E-state index in [-0.39, 0.29) is 18.3 Å². The Morgan fingerprint density at radius 1 is 1.09 bits per heavy atom. The van der Waals surface area contributed by atoms with E-state index in [9.17, 15) is 9.59 Å². The Morgan fingerprint density at radius 3 is 2.56 bits per heavy atom. The number of aromatic nitrogens is 1. The van der Waals surface area contributed by atoms with Crippen LogP contribution in [0.2, 0.25) is 0 Å². The van der Waals surface area contributed by atoms with Gasteiger partial charge in [0.2, 0.25) is 0 Å². The van der Waals surface area contributed by atoms with Gasteiger partial charge in [-0.2, -0.15) is 0 Å². The molecule has 0 fully saturated rings. The van der Waals surface area contributed by atoms with Gasteiger partial charge in [0.15, 0.2) is 5.78 Å². The fourth-order valence-corrected chi connectivity index (χ4v) is 4.83. The summed E-state index contributed by atoms with van der Waals surface area (Å²) in [5.41, 5.74) is 3.89. The third-order valence-corrected chi connectivity index (χ3v) is 6.45. The molecule has 4 rings (SSSR count). The number of benzene rings is 1. The second kappa shape index (κ2) is 10.7. The number of hydrogen-bond acceptors (Lipinski definition) is 7. The molecule has 7 heteroatoms. The standard InChI is InChI=1S/C27H30N2O5/c1-4-33-12-13-34-27(31)24-17(2)29-22-14-20(18-7-9-21(32-3)10-8-18)15-23(30)26(22)25(24)19-6-5-11-28-16-19/h5-11,16,20,24-25H,4,12-15H2,1-3H3/t20-,24?,25-/m1/s1. The molecule has 34 heavy (non-hydrogen) atoms. The van der Waals surface area contributed by atoms with Crippen LogP contribution in [0.5, 0.6) is 5.75 Å². The van der Waals surface area contributed by atoms with Crippen LogP contribution in [0.25, 0.3) is 0 Å². The smallest absolute Gasteiger partial charge is 0.315 e. The Labute approximate surface area is 199 Å². The predicted molar refractivity (Wildman–Crippen MR) is 128 cm³/mol. The van der Waals surface area contributed by atoms with E-state index in [0.717, 1.165) is 22.6 Å². The maximum absolute atomic E-state index is 13.5. The van der Waals surface area contributed by atoms with Crippen LogP contribution in [0.4, 0.5) is 0 Å². The molecular formula is C27H30N2O5. The number of esters is 1. The summed E-state index contributed by atoms with van der Waals surface area (Å²) in [6.07, 6.45) is 4.40. The molecule has 2 aromatic rings. The Hall–Kier alpha value is -3.32. The number of ketones is 1. The van der Waals surface area contributed by atoms with Gasteiger partial charge in [0.05, 0.1) is 13.7 Å². The van der Waals surface area contributed by atoms with Crippen molar-refractivity contribution in [2.45, 2.75) is 38.5 Å². The zero-order valence-electron chi connectivity index (χ0n) is 19.8. The molecule has 7 nitrogen and oxygen atoms in total. The van der Waals surface area contributed by atoms with Crippen LogP contribution in [-0.2, 0) is 19.1 Å². The Kier molecular flexibility index (Phi) is 7.53. The predicted octanol–water partition coefficient (Wildman–Crippen LogP) is 4.25. The summed E-state index contributed by atoms with van der Waals surface area (Å²) in [6, 6.07) is 11.5. The first-order valence-corrected chi connectivity index (χ1v) is 11.6. The van der Waals surface area contributed by atoms with E-state index >= 15 is 0 Å². The molecule has 0 bridgehead atoms. The van der Waals surface area contributed by atoms with E-state index in [2.05, 4.69) is 4.98 Å². The summed E-state index contributed by atoms with van der Waals surface area (Å²) >= 11 is 0. The fraction of sp³-hybridized carbons (Fsp3) is 0.407. The van der Waals surface area contributed by atoms with Gasteiger partial charge in [0, 0.05) is 48.3 Å². The zero-order valence-corrected chi connectivity index (χ0v) is 19.8. The fourth-order valence-electron chi connectivity index (χ4n) is 4.83. The van der Waals surface area contributed by atoms with Crippen molar-refractivity contribution in [1.29, 1.82) is 0 Å². The molecule has 0 saturated heterocycles. The van der Waals surface area contributed by atoms with Crippen molar-refractivity contribution in [3.8, 4) is 5.75 Å². The maximum Gasteiger partial charge on any atom is 0.315 e. The van der Waals surface area contributed by atoms with Crippen molar-refractivity contribution in [2.75, 3.05) is 26.9 Å². The first kappa shape index (κ1) is 23.8. The highest BCUT2D eigenvalue weighted by Crippen LogP contribution is 2.46. The van der Waals surface area contributed by atoms with Gasteiger partial charge in [-0.1, -0.05) is 18.2 Å². The monoisotopic (exact) mass is 462 g/mol. The van der Waals surface area contributed by atoms with Gasteiger partial charge in [0.25, 0.3) is 0 Å². The summed E-state index contributed by atoms with van der Waals surface area (Å²) in [5, 5.41) is 0. The zero-order chi connectivity index (χ0) is 24.1. The minimum atomic E-state index is -0.675. The molecule has 0 saturated carbocycles. The topological polar surface area (TPSA) is 87.1 Å². The molecule has 0 N–H and O–H groups in total. The second-order valence-electron chi connectivity index (χ2n) is 8.52. The van der Waals surface area contributed by atoms with Crippen LogP contribution in [0.3, 0.4) is 0 Å². The summed E-state index contributed by atoms with van der Waals surface area (Å²) < 4.78 is 16.1. The highest BCUT2D eigenvalue weighted by molar-refractivity contribution is 6.09. The average molecular weight is 463 g/mol. The van der Waals surface area contributed by atoms with E-state index < -0.39 is 17.8 Å². The highest BCUT2D eigenvalue weighted by Gasteiger charge is 2.44. The summed E-state index contributed by atoms with van der Waals surface area (Å²) in [7, 11) is 1.63. The number of Topliss-reactive ketones (excluding diaryl/α,β-unsaturated/α-hetero) is 1. The molecule has 3 atom stereocenters. The molecule has 178 valence electrons. The van der Waals surface area contributed by atoms with Crippen molar-refractivity contribution >= 4 is 17.5 Å².